The number of aromatic amines is 1. The molecule has 3 aromatic rings. The first-order valence-electron chi connectivity index (χ1n) is 9.35. The van der Waals surface area contributed by atoms with E-state index in [1.165, 1.54) is 6.26 Å². The Kier molecular flexibility index (Phi) is 5.28. The largest absolute Gasteiger partial charge is 0.496 e. The van der Waals surface area contributed by atoms with Gasteiger partial charge in [-0.05, 0) is 37.1 Å². The van der Waals surface area contributed by atoms with Crippen molar-refractivity contribution in [2.24, 2.45) is 5.92 Å². The Bertz CT molecular complexity index is 998. The third-order valence-corrected chi connectivity index (χ3v) is 4.89. The Balaban J connectivity index is 1.42. The summed E-state index contributed by atoms with van der Waals surface area (Å²) in [5.41, 5.74) is 0.746. The van der Waals surface area contributed by atoms with Gasteiger partial charge in [0.2, 0.25) is 11.9 Å². The van der Waals surface area contributed by atoms with E-state index in [0.29, 0.717) is 31.1 Å². The number of H-pyrrole nitrogens is 1. The first kappa shape index (κ1) is 18.7. The molecule has 2 N–H and O–H groups in total. The van der Waals surface area contributed by atoms with E-state index in [1.54, 1.807) is 24.1 Å². The lowest BCUT2D eigenvalue weighted by Gasteiger charge is -2.31. The molecule has 4 rings (SSSR count). The van der Waals surface area contributed by atoms with Crippen LogP contribution in [0.15, 0.2) is 47.1 Å². The summed E-state index contributed by atoms with van der Waals surface area (Å²) in [6.45, 7) is 0.928. The minimum Gasteiger partial charge on any atom is -0.496 e. The Morgan fingerprint density at radius 1 is 1.28 bits per heavy atom. The first-order chi connectivity index (χ1) is 14.2. The smallest absolute Gasteiger partial charge is 0.289 e. The molecule has 150 valence electrons. The maximum Gasteiger partial charge on any atom is 0.289 e. The summed E-state index contributed by atoms with van der Waals surface area (Å²) >= 11 is 0. The van der Waals surface area contributed by atoms with Crippen LogP contribution in [0.4, 0.5) is 5.95 Å². The highest BCUT2D eigenvalue weighted by Crippen LogP contribution is 2.27. The molecule has 1 atom stereocenters. The zero-order chi connectivity index (χ0) is 20.2. The number of carbonyl (C=O) groups is 2. The number of hydrogen-bond donors (Lipinski definition) is 2. The fourth-order valence-electron chi connectivity index (χ4n) is 3.42. The summed E-state index contributed by atoms with van der Waals surface area (Å²) in [7, 11) is 1.58. The van der Waals surface area contributed by atoms with Crippen molar-refractivity contribution < 1.29 is 18.7 Å². The van der Waals surface area contributed by atoms with Crippen LogP contribution in [0, 0.1) is 5.92 Å². The third kappa shape index (κ3) is 3.98. The summed E-state index contributed by atoms with van der Waals surface area (Å²) in [4.78, 5) is 31.2. The number of likely N-dealkylation sites (tertiary alicyclic amines) is 1. The van der Waals surface area contributed by atoms with Crippen LogP contribution in [0.25, 0.3) is 11.4 Å². The zero-order valence-electron chi connectivity index (χ0n) is 15.9. The number of nitrogens with one attached hydrogen (secondary N) is 2. The summed E-state index contributed by atoms with van der Waals surface area (Å²) in [6.07, 6.45) is 2.90. The number of hydrogen-bond acceptors (Lipinski definition) is 6. The molecule has 29 heavy (non-hydrogen) atoms. The number of anilines is 1. The van der Waals surface area contributed by atoms with E-state index >= 15 is 0 Å². The molecule has 3 heterocycles. The quantitative estimate of drug-likeness (QED) is 0.686. The number of nitrogens with zero attached hydrogens (tertiary/aromatic N) is 3. The molecule has 0 radical (unpaired) electrons. The Morgan fingerprint density at radius 3 is 2.93 bits per heavy atom. The number of amides is 2. The number of ether oxygens (including phenoxy) is 1. The Morgan fingerprint density at radius 2 is 2.14 bits per heavy atom. The van der Waals surface area contributed by atoms with Gasteiger partial charge in [-0.1, -0.05) is 12.1 Å². The summed E-state index contributed by atoms with van der Waals surface area (Å²) in [5.74, 6) is 0.857. The molecular weight excluding hydrogens is 374 g/mol. The maximum absolute atomic E-state index is 12.7. The summed E-state index contributed by atoms with van der Waals surface area (Å²) in [5, 5.41) is 9.64. The maximum atomic E-state index is 12.7. The van der Waals surface area contributed by atoms with E-state index in [0.717, 1.165) is 12.0 Å². The predicted octanol–water partition coefficient (Wildman–Crippen LogP) is 2.56. The van der Waals surface area contributed by atoms with Crippen molar-refractivity contribution in [1.29, 1.82) is 0 Å². The molecule has 1 saturated heterocycles. The van der Waals surface area contributed by atoms with Crippen molar-refractivity contribution in [1.82, 2.24) is 20.1 Å². The Hall–Kier alpha value is -3.62. The van der Waals surface area contributed by atoms with Crippen molar-refractivity contribution >= 4 is 17.8 Å². The topological polar surface area (TPSA) is 113 Å². The molecule has 1 aromatic carbocycles. The standard InChI is InChI=1S/C20H21N5O4/c1-28-15-8-3-2-7-14(15)17-21-20(24-23-17)22-18(26)13-6-4-10-25(12-13)19(27)16-9-5-11-29-16/h2-3,5,7-9,11,13H,4,6,10,12H2,1H3,(H2,21,22,23,24,26)/t13-/m0/s1. The summed E-state index contributed by atoms with van der Waals surface area (Å²) in [6, 6.07) is 10.7. The highest BCUT2D eigenvalue weighted by Gasteiger charge is 2.30. The monoisotopic (exact) mass is 395 g/mol. The van der Waals surface area contributed by atoms with E-state index < -0.39 is 0 Å². The van der Waals surface area contributed by atoms with E-state index in [9.17, 15) is 9.59 Å². The van der Waals surface area contributed by atoms with Crippen LogP contribution >= 0.6 is 0 Å². The lowest BCUT2D eigenvalue weighted by atomic mass is 9.97. The van der Waals surface area contributed by atoms with Crippen LogP contribution in [0.1, 0.15) is 23.4 Å². The lowest BCUT2D eigenvalue weighted by molar-refractivity contribution is -0.121. The fourth-order valence-corrected chi connectivity index (χ4v) is 3.42. The van der Waals surface area contributed by atoms with Gasteiger partial charge in [-0.3, -0.25) is 20.0 Å². The molecule has 0 saturated carbocycles. The van der Waals surface area contributed by atoms with Gasteiger partial charge in [0, 0.05) is 13.1 Å². The second-order valence-corrected chi connectivity index (χ2v) is 6.76. The van der Waals surface area contributed by atoms with Gasteiger partial charge in [0.1, 0.15) is 5.75 Å². The van der Waals surface area contributed by atoms with Crippen LogP contribution in [-0.2, 0) is 4.79 Å². The fraction of sp³-hybridized carbons (Fsp3) is 0.300. The molecule has 0 bridgehead atoms. The van der Waals surface area contributed by atoms with Crippen LogP contribution in [-0.4, -0.2) is 52.1 Å². The van der Waals surface area contributed by atoms with Crippen molar-refractivity contribution in [3.05, 3.63) is 48.4 Å². The molecule has 2 aromatic heterocycles. The van der Waals surface area contributed by atoms with Crippen molar-refractivity contribution in [2.75, 3.05) is 25.5 Å². The van der Waals surface area contributed by atoms with E-state index in [4.69, 9.17) is 9.15 Å². The third-order valence-electron chi connectivity index (χ3n) is 4.89. The second-order valence-electron chi connectivity index (χ2n) is 6.76. The number of methoxy groups -OCH3 is 1. The Labute approximate surface area is 167 Å². The molecule has 9 heteroatoms. The van der Waals surface area contributed by atoms with Gasteiger partial charge in [0.05, 0.1) is 24.9 Å². The number of para-hydroxylation sites is 1. The average Bonchev–Trinajstić information content (AvgIpc) is 3.45. The second kappa shape index (κ2) is 8.17. The number of rotatable bonds is 5. The molecule has 0 aliphatic carbocycles. The molecule has 0 unspecified atom stereocenters. The van der Waals surface area contributed by atoms with Gasteiger partial charge >= 0.3 is 0 Å². The molecule has 1 fully saturated rings. The van der Waals surface area contributed by atoms with Gasteiger partial charge in [-0.25, -0.2) is 0 Å². The van der Waals surface area contributed by atoms with Crippen molar-refractivity contribution in [2.45, 2.75) is 12.8 Å². The predicted molar refractivity (Wildman–Crippen MR) is 104 cm³/mol. The number of piperidine rings is 1. The zero-order valence-corrected chi connectivity index (χ0v) is 15.9. The molecule has 1 aliphatic rings. The molecular formula is C20H21N5O4. The highest BCUT2D eigenvalue weighted by molar-refractivity contribution is 5.94. The molecule has 1 aliphatic heterocycles. The summed E-state index contributed by atoms with van der Waals surface area (Å²) < 4.78 is 10.5. The van der Waals surface area contributed by atoms with E-state index in [2.05, 4.69) is 20.5 Å². The number of carbonyl (C=O) groups excluding carboxylic acids is 2. The number of furan rings is 1. The van der Waals surface area contributed by atoms with Crippen LogP contribution in [0.2, 0.25) is 0 Å². The van der Waals surface area contributed by atoms with Gasteiger partial charge in [0.15, 0.2) is 11.6 Å². The van der Waals surface area contributed by atoms with E-state index in [-0.39, 0.29) is 29.4 Å². The highest BCUT2D eigenvalue weighted by atomic mass is 16.5. The number of aromatic nitrogens is 3. The van der Waals surface area contributed by atoms with Gasteiger partial charge in [-0.2, -0.15) is 4.98 Å². The minimum atomic E-state index is -0.337. The van der Waals surface area contributed by atoms with Crippen molar-refractivity contribution in [3.8, 4) is 17.1 Å². The first-order valence-corrected chi connectivity index (χ1v) is 9.35. The van der Waals surface area contributed by atoms with Gasteiger partial charge in [-0.15, -0.1) is 5.10 Å². The minimum absolute atomic E-state index is 0.186. The van der Waals surface area contributed by atoms with Crippen LogP contribution in [0.3, 0.4) is 0 Å². The normalized spacial score (nSPS) is 16.4. The SMILES string of the molecule is COc1ccccc1-c1nc(NC(=O)[C@H]2CCCN(C(=O)c3ccco3)C2)n[nH]1. The average molecular weight is 395 g/mol. The lowest BCUT2D eigenvalue weighted by Crippen LogP contribution is -2.43. The molecule has 0 spiro atoms. The van der Waals surface area contributed by atoms with E-state index in [1.807, 2.05) is 24.3 Å². The molecule has 2 amide bonds. The number of benzene rings is 1. The van der Waals surface area contributed by atoms with Crippen molar-refractivity contribution in [3.63, 3.8) is 0 Å². The molecule has 9 nitrogen and oxygen atoms in total. The van der Waals surface area contributed by atoms with Crippen LogP contribution in [0.5, 0.6) is 5.75 Å². The van der Waals surface area contributed by atoms with Gasteiger partial charge in [0.25, 0.3) is 5.91 Å². The van der Waals surface area contributed by atoms with Crippen LogP contribution < -0.4 is 10.1 Å². The van der Waals surface area contributed by atoms with Gasteiger partial charge < -0.3 is 14.1 Å².